The van der Waals surface area contributed by atoms with Crippen LogP contribution in [0.4, 0.5) is 0 Å². The van der Waals surface area contributed by atoms with Gasteiger partial charge in [0.15, 0.2) is 0 Å². The Balaban J connectivity index is 2.93. The molecule has 4 heteroatoms. The summed E-state index contributed by atoms with van der Waals surface area (Å²) in [5.74, 6) is 0. The Morgan fingerprint density at radius 1 is 1.42 bits per heavy atom. The Morgan fingerprint density at radius 2 is 2.00 bits per heavy atom. The van der Waals surface area contributed by atoms with Gasteiger partial charge in [-0.15, -0.1) is 24.0 Å². The first-order chi connectivity index (χ1) is 5.41. The van der Waals surface area contributed by atoms with E-state index in [4.69, 9.17) is 0 Å². The van der Waals surface area contributed by atoms with Crippen LogP contribution >= 0.6 is 24.0 Å². The third-order valence-corrected chi connectivity index (χ3v) is 4.73. The molecule has 1 unspecified atom stereocenters. The average molecular weight is 220 g/mol. The Hall–Kier alpha value is 0.200. The van der Waals surface area contributed by atoms with Crippen LogP contribution in [0.1, 0.15) is 20.8 Å². The standard InChI is InChI=1S/C8H12OS3/c1-8(2,3)12(9)7-5-4-6(10)11-7/h4-5,10H,1-3H3. The lowest BCUT2D eigenvalue weighted by atomic mass is 10.3. The Kier molecular flexibility index (Phi) is 3.01. The van der Waals surface area contributed by atoms with E-state index in [-0.39, 0.29) is 4.75 Å². The van der Waals surface area contributed by atoms with Gasteiger partial charge in [-0.2, -0.15) is 0 Å². The quantitative estimate of drug-likeness (QED) is 0.720. The van der Waals surface area contributed by atoms with Gasteiger partial charge in [-0.25, -0.2) is 0 Å². The molecule has 0 radical (unpaired) electrons. The summed E-state index contributed by atoms with van der Waals surface area (Å²) in [5, 5.41) is 0. The maximum Gasteiger partial charge on any atom is 0.0927 e. The minimum Gasteiger partial charge on any atom is -0.253 e. The molecular weight excluding hydrogens is 208 g/mol. The molecule has 0 N–H and O–H groups in total. The van der Waals surface area contributed by atoms with Crippen molar-refractivity contribution in [2.75, 3.05) is 0 Å². The van der Waals surface area contributed by atoms with Crippen molar-refractivity contribution in [2.45, 2.75) is 33.9 Å². The van der Waals surface area contributed by atoms with Crippen LogP contribution in [0.2, 0.25) is 0 Å². The van der Waals surface area contributed by atoms with Gasteiger partial charge in [0.1, 0.15) is 0 Å². The molecule has 0 fully saturated rings. The molecule has 1 aromatic rings. The molecule has 0 aliphatic rings. The Morgan fingerprint density at radius 3 is 2.33 bits per heavy atom. The number of hydrogen-bond donors (Lipinski definition) is 1. The highest BCUT2D eigenvalue weighted by Gasteiger charge is 2.22. The molecule has 1 aromatic heterocycles. The average Bonchev–Trinajstić information content (AvgIpc) is 2.32. The topological polar surface area (TPSA) is 17.1 Å². The third kappa shape index (κ3) is 2.34. The maximum absolute atomic E-state index is 11.8. The molecule has 68 valence electrons. The van der Waals surface area contributed by atoms with Crippen molar-refractivity contribution in [1.82, 2.24) is 0 Å². The molecule has 12 heavy (non-hydrogen) atoms. The van der Waals surface area contributed by atoms with Gasteiger partial charge in [-0.05, 0) is 32.9 Å². The van der Waals surface area contributed by atoms with Gasteiger partial charge in [0.05, 0.1) is 19.2 Å². The lowest BCUT2D eigenvalue weighted by molar-refractivity contribution is 0.650. The second-order valence-electron chi connectivity index (χ2n) is 3.47. The minimum absolute atomic E-state index is 0.176. The summed E-state index contributed by atoms with van der Waals surface area (Å²) in [7, 11) is -0.910. The van der Waals surface area contributed by atoms with Gasteiger partial charge in [0.25, 0.3) is 0 Å². The van der Waals surface area contributed by atoms with Gasteiger partial charge in [-0.3, -0.25) is 4.21 Å². The SMILES string of the molecule is CC(C)(C)S(=O)c1ccc(S)s1. The van der Waals surface area contributed by atoms with E-state index in [1.54, 1.807) is 0 Å². The molecule has 0 saturated heterocycles. The number of rotatable bonds is 1. The summed E-state index contributed by atoms with van der Waals surface area (Å²) in [6.45, 7) is 5.92. The van der Waals surface area contributed by atoms with E-state index in [9.17, 15) is 4.21 Å². The predicted octanol–water partition coefficient (Wildman–Crippen LogP) is 2.94. The number of thiol groups is 1. The summed E-state index contributed by atoms with van der Waals surface area (Å²) < 4.78 is 13.4. The zero-order valence-electron chi connectivity index (χ0n) is 7.33. The van der Waals surface area contributed by atoms with Crippen LogP contribution in [0.15, 0.2) is 20.6 Å². The molecule has 0 spiro atoms. The van der Waals surface area contributed by atoms with Crippen molar-refractivity contribution in [2.24, 2.45) is 0 Å². The molecule has 0 saturated carbocycles. The summed E-state index contributed by atoms with van der Waals surface area (Å²) in [6.07, 6.45) is 0. The highest BCUT2D eigenvalue weighted by atomic mass is 32.2. The first-order valence-corrected chi connectivity index (χ1v) is 6.03. The Labute approximate surface area is 85.1 Å². The second-order valence-corrected chi connectivity index (χ2v) is 7.80. The van der Waals surface area contributed by atoms with Crippen LogP contribution in [0.3, 0.4) is 0 Å². The summed E-state index contributed by atoms with van der Waals surface area (Å²) >= 11 is 5.67. The van der Waals surface area contributed by atoms with Crippen molar-refractivity contribution in [3.8, 4) is 0 Å². The fraction of sp³-hybridized carbons (Fsp3) is 0.500. The molecular formula is C8H12OS3. The molecule has 0 bridgehead atoms. The molecule has 0 amide bonds. The zero-order valence-corrected chi connectivity index (χ0v) is 9.85. The van der Waals surface area contributed by atoms with Gasteiger partial charge >= 0.3 is 0 Å². The highest BCUT2D eigenvalue weighted by Crippen LogP contribution is 2.28. The normalized spacial score (nSPS) is 14.7. The molecule has 1 atom stereocenters. The lowest BCUT2D eigenvalue weighted by Gasteiger charge is -2.15. The maximum atomic E-state index is 11.8. The minimum atomic E-state index is -0.910. The van der Waals surface area contributed by atoms with Crippen LogP contribution in [0.5, 0.6) is 0 Å². The van der Waals surface area contributed by atoms with E-state index in [0.717, 1.165) is 8.42 Å². The molecule has 0 aliphatic carbocycles. The van der Waals surface area contributed by atoms with Crippen LogP contribution in [0.25, 0.3) is 0 Å². The fourth-order valence-corrected chi connectivity index (χ4v) is 3.86. The molecule has 1 rings (SSSR count). The second kappa shape index (κ2) is 3.52. The van der Waals surface area contributed by atoms with Crippen molar-refractivity contribution in [3.63, 3.8) is 0 Å². The number of hydrogen-bond acceptors (Lipinski definition) is 3. The van der Waals surface area contributed by atoms with Gasteiger partial charge in [0.2, 0.25) is 0 Å². The predicted molar refractivity (Wildman–Crippen MR) is 57.7 cm³/mol. The first-order valence-electron chi connectivity index (χ1n) is 3.62. The van der Waals surface area contributed by atoms with E-state index in [1.807, 2.05) is 32.9 Å². The van der Waals surface area contributed by atoms with E-state index < -0.39 is 10.8 Å². The molecule has 0 aliphatic heterocycles. The molecule has 1 nitrogen and oxygen atoms in total. The van der Waals surface area contributed by atoms with E-state index in [2.05, 4.69) is 12.6 Å². The summed E-state index contributed by atoms with van der Waals surface area (Å²) in [5.41, 5.74) is 0. The largest absolute Gasteiger partial charge is 0.253 e. The van der Waals surface area contributed by atoms with Crippen LogP contribution in [0, 0.1) is 0 Å². The molecule has 1 heterocycles. The Bertz CT molecular complexity index is 295. The van der Waals surface area contributed by atoms with E-state index in [1.165, 1.54) is 11.3 Å². The monoisotopic (exact) mass is 220 g/mol. The third-order valence-electron chi connectivity index (χ3n) is 1.31. The van der Waals surface area contributed by atoms with Gasteiger partial charge in [0, 0.05) is 4.75 Å². The van der Waals surface area contributed by atoms with E-state index >= 15 is 0 Å². The smallest absolute Gasteiger partial charge is 0.0927 e. The lowest BCUT2D eigenvalue weighted by Crippen LogP contribution is -2.20. The van der Waals surface area contributed by atoms with Gasteiger partial charge in [-0.1, -0.05) is 0 Å². The van der Waals surface area contributed by atoms with Crippen LogP contribution < -0.4 is 0 Å². The summed E-state index contributed by atoms with van der Waals surface area (Å²) in [6, 6.07) is 3.76. The zero-order chi connectivity index (χ0) is 9.35. The van der Waals surface area contributed by atoms with Crippen LogP contribution in [-0.4, -0.2) is 8.96 Å². The van der Waals surface area contributed by atoms with Crippen molar-refractivity contribution < 1.29 is 4.21 Å². The van der Waals surface area contributed by atoms with Crippen molar-refractivity contribution >= 4 is 34.8 Å². The van der Waals surface area contributed by atoms with Gasteiger partial charge < -0.3 is 0 Å². The first kappa shape index (κ1) is 10.3. The van der Waals surface area contributed by atoms with E-state index in [0.29, 0.717) is 0 Å². The number of thiophene rings is 1. The van der Waals surface area contributed by atoms with Crippen LogP contribution in [-0.2, 0) is 10.8 Å². The van der Waals surface area contributed by atoms with Crippen molar-refractivity contribution in [1.29, 1.82) is 0 Å². The van der Waals surface area contributed by atoms with Crippen molar-refractivity contribution in [3.05, 3.63) is 12.1 Å². The molecule has 0 aromatic carbocycles. The fourth-order valence-electron chi connectivity index (χ4n) is 0.712. The summed E-state index contributed by atoms with van der Waals surface area (Å²) in [4.78, 5) is 0. The highest BCUT2D eigenvalue weighted by molar-refractivity contribution is 7.89.